The molecule has 0 saturated carbocycles. The number of hydrogen-bond donors (Lipinski definition) is 2. The molecule has 0 bridgehead atoms. The van der Waals surface area contributed by atoms with Gasteiger partial charge in [0.1, 0.15) is 6.10 Å². The number of rotatable bonds is 4. The number of aliphatic hydroxyl groups is 1. The molecule has 0 fully saturated rings. The van der Waals surface area contributed by atoms with Crippen LogP contribution < -0.4 is 5.32 Å². The Labute approximate surface area is 86.2 Å². The Morgan fingerprint density at radius 3 is 2.86 bits per heavy atom. The van der Waals surface area contributed by atoms with Crippen LogP contribution in [0.4, 0.5) is 0 Å². The molecular weight excluding hydrogens is 178 g/mol. The summed E-state index contributed by atoms with van der Waals surface area (Å²) in [6.45, 7) is 6.59. The number of nitrogens with one attached hydrogen (secondary N) is 1. The third-order valence-corrected chi connectivity index (χ3v) is 2.85. The molecule has 0 spiro atoms. The highest BCUT2D eigenvalue weighted by atomic mass is 16.5. The molecule has 0 saturated heterocycles. The van der Waals surface area contributed by atoms with Crippen molar-refractivity contribution in [2.45, 2.75) is 51.4 Å². The maximum atomic E-state index is 9.49. The normalized spacial score (nSPS) is 24.4. The van der Waals surface area contributed by atoms with E-state index in [1.165, 1.54) is 0 Å². The van der Waals surface area contributed by atoms with Crippen molar-refractivity contribution < 1.29 is 9.84 Å². The van der Waals surface area contributed by atoms with Crippen LogP contribution in [0.5, 0.6) is 0 Å². The summed E-state index contributed by atoms with van der Waals surface area (Å²) < 4.78 is 5.43. The van der Waals surface area contributed by atoms with Crippen LogP contribution in [0.3, 0.4) is 0 Å². The first-order valence-corrected chi connectivity index (χ1v) is 5.26. The van der Waals surface area contributed by atoms with E-state index in [-0.39, 0.29) is 17.7 Å². The lowest BCUT2D eigenvalue weighted by atomic mass is 9.98. The Balaban J connectivity index is 2.29. The summed E-state index contributed by atoms with van der Waals surface area (Å²) in [7, 11) is 0. The molecule has 2 atom stereocenters. The molecule has 2 unspecified atom stereocenters. The van der Waals surface area contributed by atoms with E-state index >= 15 is 0 Å². The molecule has 14 heavy (non-hydrogen) atoms. The fourth-order valence-corrected chi connectivity index (χ4v) is 1.26. The Bertz CT molecular complexity index is 199. The lowest BCUT2D eigenvalue weighted by Crippen LogP contribution is -2.51. The minimum Gasteiger partial charge on any atom is -0.497 e. The minimum absolute atomic E-state index is 0.246. The molecule has 3 heteroatoms. The zero-order chi connectivity index (χ0) is 10.6. The fourth-order valence-electron chi connectivity index (χ4n) is 1.26. The Kier molecular flexibility index (Phi) is 3.96. The standard InChI is InChI=1S/C11H21NO2/c1-9(13)11(2,3)12-8-10-6-4-5-7-14-10/h5,7,9-10,12-13H,4,6,8H2,1-3H3. The maximum Gasteiger partial charge on any atom is 0.110 e. The van der Waals surface area contributed by atoms with Gasteiger partial charge in [-0.15, -0.1) is 0 Å². The average molecular weight is 199 g/mol. The van der Waals surface area contributed by atoms with Gasteiger partial charge in [0.2, 0.25) is 0 Å². The summed E-state index contributed by atoms with van der Waals surface area (Å²) in [5, 5.41) is 12.8. The molecule has 0 aliphatic carbocycles. The highest BCUT2D eigenvalue weighted by Gasteiger charge is 2.24. The van der Waals surface area contributed by atoms with Crippen LogP contribution in [-0.2, 0) is 4.74 Å². The first-order chi connectivity index (χ1) is 6.52. The average Bonchev–Trinajstić information content (AvgIpc) is 2.16. The van der Waals surface area contributed by atoms with Crippen molar-refractivity contribution in [1.29, 1.82) is 0 Å². The van der Waals surface area contributed by atoms with Crippen LogP contribution >= 0.6 is 0 Å². The number of ether oxygens (including phenoxy) is 1. The summed E-state index contributed by atoms with van der Waals surface area (Å²) >= 11 is 0. The van der Waals surface area contributed by atoms with Crippen molar-refractivity contribution in [2.75, 3.05) is 6.54 Å². The third kappa shape index (κ3) is 3.31. The van der Waals surface area contributed by atoms with Crippen LogP contribution in [-0.4, -0.2) is 29.4 Å². The van der Waals surface area contributed by atoms with E-state index in [0.29, 0.717) is 0 Å². The Morgan fingerprint density at radius 2 is 2.36 bits per heavy atom. The lowest BCUT2D eigenvalue weighted by molar-refractivity contribution is 0.0699. The lowest BCUT2D eigenvalue weighted by Gasteiger charge is -2.32. The van der Waals surface area contributed by atoms with Crippen LogP contribution in [0, 0.1) is 0 Å². The first-order valence-electron chi connectivity index (χ1n) is 5.26. The molecule has 1 rings (SSSR count). The van der Waals surface area contributed by atoms with E-state index in [0.717, 1.165) is 19.4 Å². The van der Waals surface area contributed by atoms with E-state index in [1.54, 1.807) is 13.2 Å². The molecule has 0 aromatic rings. The predicted molar refractivity (Wildman–Crippen MR) is 57.0 cm³/mol. The number of allylic oxidation sites excluding steroid dienone is 1. The van der Waals surface area contributed by atoms with Gasteiger partial charge in [-0.1, -0.05) is 0 Å². The molecule has 0 aromatic heterocycles. The molecule has 0 amide bonds. The molecular formula is C11H21NO2. The van der Waals surface area contributed by atoms with Crippen molar-refractivity contribution in [2.24, 2.45) is 0 Å². The monoisotopic (exact) mass is 199 g/mol. The Morgan fingerprint density at radius 1 is 1.64 bits per heavy atom. The molecule has 2 N–H and O–H groups in total. The Hall–Kier alpha value is -0.540. The highest BCUT2D eigenvalue weighted by Crippen LogP contribution is 2.12. The zero-order valence-corrected chi connectivity index (χ0v) is 9.29. The van der Waals surface area contributed by atoms with E-state index in [2.05, 4.69) is 5.32 Å². The second-order valence-electron chi connectivity index (χ2n) is 4.49. The van der Waals surface area contributed by atoms with Gasteiger partial charge >= 0.3 is 0 Å². The summed E-state index contributed by atoms with van der Waals surface area (Å²) in [6, 6.07) is 0. The highest BCUT2D eigenvalue weighted by molar-refractivity contribution is 4.87. The van der Waals surface area contributed by atoms with Crippen LogP contribution in [0.2, 0.25) is 0 Å². The zero-order valence-electron chi connectivity index (χ0n) is 9.29. The molecule has 0 radical (unpaired) electrons. The maximum absolute atomic E-state index is 9.49. The quantitative estimate of drug-likeness (QED) is 0.719. The molecule has 1 aliphatic heterocycles. The van der Waals surface area contributed by atoms with Gasteiger partial charge in [0.05, 0.1) is 12.4 Å². The SMILES string of the molecule is CC(O)C(C)(C)NCC1CCC=CO1. The van der Waals surface area contributed by atoms with E-state index in [1.807, 2.05) is 19.9 Å². The van der Waals surface area contributed by atoms with Crippen molar-refractivity contribution in [1.82, 2.24) is 5.32 Å². The van der Waals surface area contributed by atoms with Gasteiger partial charge in [-0.2, -0.15) is 0 Å². The summed E-state index contributed by atoms with van der Waals surface area (Å²) in [5.41, 5.74) is -0.246. The van der Waals surface area contributed by atoms with E-state index in [4.69, 9.17) is 4.74 Å². The summed E-state index contributed by atoms with van der Waals surface area (Å²) in [4.78, 5) is 0. The second-order valence-corrected chi connectivity index (χ2v) is 4.49. The van der Waals surface area contributed by atoms with Crippen LogP contribution in [0.25, 0.3) is 0 Å². The second kappa shape index (κ2) is 4.80. The van der Waals surface area contributed by atoms with Crippen molar-refractivity contribution in [3.8, 4) is 0 Å². The molecule has 82 valence electrons. The molecule has 3 nitrogen and oxygen atoms in total. The summed E-state index contributed by atoms with van der Waals surface area (Å²) in [6.07, 6.45) is 5.84. The topological polar surface area (TPSA) is 41.5 Å². The van der Waals surface area contributed by atoms with Gasteiger partial charge in [0.25, 0.3) is 0 Å². The van der Waals surface area contributed by atoms with Crippen molar-refractivity contribution in [3.05, 3.63) is 12.3 Å². The van der Waals surface area contributed by atoms with E-state index in [9.17, 15) is 5.11 Å². The van der Waals surface area contributed by atoms with Gasteiger partial charge in [-0.05, 0) is 39.7 Å². The van der Waals surface area contributed by atoms with Gasteiger partial charge in [0.15, 0.2) is 0 Å². The van der Waals surface area contributed by atoms with E-state index < -0.39 is 0 Å². The predicted octanol–water partition coefficient (Wildman–Crippen LogP) is 1.43. The third-order valence-electron chi connectivity index (χ3n) is 2.85. The van der Waals surface area contributed by atoms with Gasteiger partial charge in [0, 0.05) is 12.1 Å². The van der Waals surface area contributed by atoms with Crippen LogP contribution in [0.15, 0.2) is 12.3 Å². The van der Waals surface area contributed by atoms with Crippen molar-refractivity contribution in [3.63, 3.8) is 0 Å². The molecule has 1 aliphatic rings. The molecule has 1 heterocycles. The molecule has 0 aromatic carbocycles. The van der Waals surface area contributed by atoms with Crippen LogP contribution in [0.1, 0.15) is 33.6 Å². The number of hydrogen-bond acceptors (Lipinski definition) is 3. The summed E-state index contributed by atoms with van der Waals surface area (Å²) in [5.74, 6) is 0. The number of aliphatic hydroxyl groups excluding tert-OH is 1. The first kappa shape index (κ1) is 11.5. The smallest absolute Gasteiger partial charge is 0.110 e. The van der Waals surface area contributed by atoms with Gasteiger partial charge < -0.3 is 15.2 Å². The van der Waals surface area contributed by atoms with Gasteiger partial charge in [-0.3, -0.25) is 0 Å². The largest absolute Gasteiger partial charge is 0.497 e. The minimum atomic E-state index is -0.360. The fraction of sp³-hybridized carbons (Fsp3) is 0.818. The van der Waals surface area contributed by atoms with Crippen molar-refractivity contribution >= 4 is 0 Å². The van der Waals surface area contributed by atoms with Gasteiger partial charge in [-0.25, -0.2) is 0 Å².